The van der Waals surface area contributed by atoms with Crippen molar-refractivity contribution in [1.82, 2.24) is 4.90 Å². The van der Waals surface area contributed by atoms with Gasteiger partial charge in [-0.25, -0.2) is 0 Å². The topological polar surface area (TPSA) is 70.8 Å². The summed E-state index contributed by atoms with van der Waals surface area (Å²) in [5.41, 5.74) is 2.48. The molecule has 0 atom stereocenters. The Balaban J connectivity index is 1.73. The standard InChI is InChI=1S/C17H17NO4/c19-16(18-7-4-12(5-8-18)17(20)21)14-3-1-2-13(10-14)15-6-9-22-11-15/h1-3,6,9-12H,4-5,7-8H2,(H,20,21). The highest BCUT2D eigenvalue weighted by atomic mass is 16.4. The third kappa shape index (κ3) is 2.88. The first kappa shape index (κ1) is 14.4. The molecule has 0 aliphatic carbocycles. The van der Waals surface area contributed by atoms with Crippen LogP contribution >= 0.6 is 0 Å². The molecule has 5 nitrogen and oxygen atoms in total. The Labute approximate surface area is 128 Å². The van der Waals surface area contributed by atoms with E-state index in [1.54, 1.807) is 23.5 Å². The summed E-state index contributed by atoms with van der Waals surface area (Å²) in [6.07, 6.45) is 4.27. The fourth-order valence-electron chi connectivity index (χ4n) is 2.77. The van der Waals surface area contributed by atoms with Crippen molar-refractivity contribution < 1.29 is 19.1 Å². The Kier molecular flexibility index (Phi) is 3.96. The lowest BCUT2D eigenvalue weighted by Crippen LogP contribution is -2.40. The summed E-state index contributed by atoms with van der Waals surface area (Å²) in [4.78, 5) is 25.2. The maximum absolute atomic E-state index is 12.6. The number of amides is 1. The minimum absolute atomic E-state index is 0.0471. The summed E-state index contributed by atoms with van der Waals surface area (Å²) in [6, 6.07) is 9.26. The normalized spacial score (nSPS) is 15.7. The molecule has 1 aromatic heterocycles. The number of nitrogens with zero attached hydrogens (tertiary/aromatic N) is 1. The van der Waals surface area contributed by atoms with Crippen molar-refractivity contribution >= 4 is 11.9 Å². The molecule has 1 amide bonds. The van der Waals surface area contributed by atoms with Gasteiger partial charge in [-0.1, -0.05) is 12.1 Å². The summed E-state index contributed by atoms with van der Waals surface area (Å²) in [5, 5.41) is 9.01. The Morgan fingerprint density at radius 1 is 1.14 bits per heavy atom. The highest BCUT2D eigenvalue weighted by Crippen LogP contribution is 2.23. The molecular weight excluding hydrogens is 282 g/mol. The van der Waals surface area contributed by atoms with Crippen LogP contribution < -0.4 is 0 Å². The van der Waals surface area contributed by atoms with Crippen LogP contribution in [0.15, 0.2) is 47.3 Å². The van der Waals surface area contributed by atoms with Crippen molar-refractivity contribution in [2.45, 2.75) is 12.8 Å². The van der Waals surface area contributed by atoms with Gasteiger partial charge >= 0.3 is 5.97 Å². The zero-order valence-corrected chi connectivity index (χ0v) is 12.1. The molecular formula is C17H17NO4. The van der Waals surface area contributed by atoms with Gasteiger partial charge in [-0.15, -0.1) is 0 Å². The molecule has 2 aromatic rings. The van der Waals surface area contributed by atoms with Gasteiger partial charge in [-0.3, -0.25) is 9.59 Å². The molecule has 3 rings (SSSR count). The minimum atomic E-state index is -0.769. The second kappa shape index (κ2) is 6.05. The number of benzene rings is 1. The monoisotopic (exact) mass is 299 g/mol. The van der Waals surface area contributed by atoms with Crippen LogP contribution in [0.4, 0.5) is 0 Å². The van der Waals surface area contributed by atoms with E-state index in [1.807, 2.05) is 24.3 Å². The van der Waals surface area contributed by atoms with Gasteiger partial charge in [0.05, 0.1) is 18.4 Å². The Morgan fingerprint density at radius 2 is 1.91 bits per heavy atom. The van der Waals surface area contributed by atoms with Gasteiger partial charge in [-0.05, 0) is 36.6 Å². The van der Waals surface area contributed by atoms with E-state index in [4.69, 9.17) is 9.52 Å². The number of carboxylic acid groups (broad SMARTS) is 1. The molecule has 1 aliphatic rings. The number of aliphatic carboxylic acids is 1. The van der Waals surface area contributed by atoms with Crippen LogP contribution in [-0.4, -0.2) is 35.0 Å². The number of carboxylic acids is 1. The lowest BCUT2D eigenvalue weighted by Gasteiger charge is -2.30. The molecule has 114 valence electrons. The summed E-state index contributed by atoms with van der Waals surface area (Å²) in [6.45, 7) is 0.984. The zero-order valence-electron chi connectivity index (χ0n) is 12.1. The van der Waals surface area contributed by atoms with E-state index in [-0.39, 0.29) is 11.8 Å². The second-order valence-electron chi connectivity index (χ2n) is 5.50. The van der Waals surface area contributed by atoms with Crippen LogP contribution in [0.2, 0.25) is 0 Å². The van der Waals surface area contributed by atoms with E-state index >= 15 is 0 Å². The second-order valence-corrected chi connectivity index (χ2v) is 5.50. The number of hydrogen-bond donors (Lipinski definition) is 1. The molecule has 0 spiro atoms. The highest BCUT2D eigenvalue weighted by Gasteiger charge is 2.27. The average molecular weight is 299 g/mol. The third-order valence-corrected chi connectivity index (χ3v) is 4.10. The van der Waals surface area contributed by atoms with Crippen molar-refractivity contribution in [3.8, 4) is 11.1 Å². The van der Waals surface area contributed by atoms with Gasteiger partial charge in [0, 0.05) is 24.2 Å². The molecule has 1 aliphatic heterocycles. The lowest BCUT2D eigenvalue weighted by molar-refractivity contribution is -0.143. The first-order valence-electron chi connectivity index (χ1n) is 7.30. The molecule has 0 bridgehead atoms. The van der Waals surface area contributed by atoms with Crippen LogP contribution in [0.5, 0.6) is 0 Å². The molecule has 1 fully saturated rings. The molecule has 0 radical (unpaired) electrons. The van der Waals surface area contributed by atoms with Gasteiger partial charge in [0.25, 0.3) is 5.91 Å². The first-order valence-corrected chi connectivity index (χ1v) is 7.30. The number of rotatable bonds is 3. The summed E-state index contributed by atoms with van der Waals surface area (Å²) in [7, 11) is 0. The van der Waals surface area contributed by atoms with Crippen molar-refractivity contribution in [2.75, 3.05) is 13.1 Å². The van der Waals surface area contributed by atoms with E-state index in [9.17, 15) is 9.59 Å². The van der Waals surface area contributed by atoms with E-state index in [0.717, 1.165) is 11.1 Å². The van der Waals surface area contributed by atoms with E-state index in [1.165, 1.54) is 0 Å². The van der Waals surface area contributed by atoms with Crippen LogP contribution in [0.3, 0.4) is 0 Å². The maximum Gasteiger partial charge on any atom is 0.306 e. The number of likely N-dealkylation sites (tertiary alicyclic amines) is 1. The summed E-state index contributed by atoms with van der Waals surface area (Å²) in [5.74, 6) is -1.15. The SMILES string of the molecule is O=C(O)C1CCN(C(=O)c2cccc(-c3ccoc3)c2)CC1. The fourth-order valence-corrected chi connectivity index (χ4v) is 2.77. The number of carbonyl (C=O) groups excluding carboxylic acids is 1. The van der Waals surface area contributed by atoms with Crippen LogP contribution in [0.25, 0.3) is 11.1 Å². The van der Waals surface area contributed by atoms with E-state index in [2.05, 4.69) is 0 Å². The molecule has 2 heterocycles. The quantitative estimate of drug-likeness (QED) is 0.946. The number of furan rings is 1. The molecule has 1 aromatic carbocycles. The van der Waals surface area contributed by atoms with Crippen LogP contribution in [0, 0.1) is 5.92 Å². The lowest BCUT2D eigenvalue weighted by atomic mass is 9.96. The van der Waals surface area contributed by atoms with Gasteiger partial charge in [0.1, 0.15) is 0 Å². The van der Waals surface area contributed by atoms with E-state index in [0.29, 0.717) is 31.5 Å². The van der Waals surface area contributed by atoms with Gasteiger partial charge < -0.3 is 14.4 Å². The predicted octanol–water partition coefficient (Wildman–Crippen LogP) is 2.88. The van der Waals surface area contributed by atoms with E-state index < -0.39 is 5.97 Å². The van der Waals surface area contributed by atoms with Crippen LogP contribution in [0.1, 0.15) is 23.2 Å². The average Bonchev–Trinajstić information content (AvgIpc) is 3.09. The molecule has 22 heavy (non-hydrogen) atoms. The van der Waals surface area contributed by atoms with Crippen LogP contribution in [-0.2, 0) is 4.79 Å². The Bertz CT molecular complexity index is 670. The van der Waals surface area contributed by atoms with Gasteiger partial charge in [0.15, 0.2) is 0 Å². The zero-order chi connectivity index (χ0) is 15.5. The smallest absolute Gasteiger partial charge is 0.306 e. The summed E-state index contributed by atoms with van der Waals surface area (Å²) >= 11 is 0. The maximum atomic E-state index is 12.6. The number of piperidine rings is 1. The minimum Gasteiger partial charge on any atom is -0.481 e. The molecule has 1 saturated heterocycles. The Hall–Kier alpha value is -2.56. The fraction of sp³-hybridized carbons (Fsp3) is 0.294. The van der Waals surface area contributed by atoms with Crippen molar-refractivity contribution in [1.29, 1.82) is 0 Å². The molecule has 0 saturated carbocycles. The molecule has 0 unspecified atom stereocenters. The van der Waals surface area contributed by atoms with Crippen molar-refractivity contribution in [2.24, 2.45) is 5.92 Å². The first-order chi connectivity index (χ1) is 10.6. The highest BCUT2D eigenvalue weighted by molar-refractivity contribution is 5.95. The van der Waals surface area contributed by atoms with Crippen molar-refractivity contribution in [3.05, 3.63) is 48.4 Å². The largest absolute Gasteiger partial charge is 0.481 e. The number of hydrogen-bond acceptors (Lipinski definition) is 3. The third-order valence-electron chi connectivity index (χ3n) is 4.10. The molecule has 5 heteroatoms. The Morgan fingerprint density at radius 3 is 2.55 bits per heavy atom. The predicted molar refractivity (Wildman–Crippen MR) is 80.4 cm³/mol. The van der Waals surface area contributed by atoms with Gasteiger partial charge in [0.2, 0.25) is 0 Å². The van der Waals surface area contributed by atoms with Crippen molar-refractivity contribution in [3.63, 3.8) is 0 Å². The number of carbonyl (C=O) groups is 2. The molecule has 1 N–H and O–H groups in total. The summed E-state index contributed by atoms with van der Waals surface area (Å²) < 4.78 is 5.07. The van der Waals surface area contributed by atoms with Gasteiger partial charge in [-0.2, -0.15) is 0 Å².